The highest BCUT2D eigenvalue weighted by Crippen LogP contribution is 2.21. The molecule has 1 aromatic carbocycles. The first kappa shape index (κ1) is 17.6. The Bertz CT molecular complexity index is 516. The van der Waals surface area contributed by atoms with Crippen LogP contribution >= 0.6 is 11.8 Å². The molecule has 1 fully saturated rings. The van der Waals surface area contributed by atoms with E-state index in [-0.39, 0.29) is 12.4 Å². The number of benzene rings is 1. The number of rotatable bonds is 9. The van der Waals surface area contributed by atoms with Gasteiger partial charge in [0, 0.05) is 30.8 Å². The van der Waals surface area contributed by atoms with Crippen LogP contribution in [0.2, 0.25) is 0 Å². The average Bonchev–Trinajstić information content (AvgIpc) is 2.53. The molecule has 124 valence electrons. The zero-order valence-electron chi connectivity index (χ0n) is 12.6. The molecule has 1 N–H and O–H groups in total. The highest BCUT2D eigenvalue weighted by molar-refractivity contribution is 8.00. The highest BCUT2D eigenvalue weighted by Gasteiger charge is 2.15. The maximum Gasteiger partial charge on any atom is 0.214 e. The maximum absolute atomic E-state index is 11.9. The van der Waals surface area contributed by atoms with E-state index in [0.717, 1.165) is 31.8 Å². The number of hydrogen-bond donors (Lipinski definition) is 1. The summed E-state index contributed by atoms with van der Waals surface area (Å²) in [6.45, 7) is 2.27. The zero-order chi connectivity index (χ0) is 15.7. The van der Waals surface area contributed by atoms with E-state index in [1.165, 1.54) is 0 Å². The van der Waals surface area contributed by atoms with Crippen LogP contribution in [-0.2, 0) is 14.8 Å². The molecule has 22 heavy (non-hydrogen) atoms. The van der Waals surface area contributed by atoms with Crippen LogP contribution in [0, 0.1) is 0 Å². The van der Waals surface area contributed by atoms with Crippen molar-refractivity contribution < 1.29 is 17.9 Å². The monoisotopic (exact) mass is 345 g/mol. The van der Waals surface area contributed by atoms with E-state index in [9.17, 15) is 8.42 Å². The molecule has 0 atom stereocenters. The second kappa shape index (κ2) is 9.39. The lowest BCUT2D eigenvalue weighted by Gasteiger charge is -2.21. The molecule has 1 aliphatic heterocycles. The van der Waals surface area contributed by atoms with Crippen LogP contribution in [0.25, 0.3) is 0 Å². The van der Waals surface area contributed by atoms with Crippen molar-refractivity contribution >= 4 is 21.8 Å². The quantitative estimate of drug-likeness (QED) is 0.693. The number of sulfonamides is 1. The fourth-order valence-electron chi connectivity index (χ4n) is 2.12. The van der Waals surface area contributed by atoms with Gasteiger partial charge in [0.05, 0.1) is 5.75 Å². The molecule has 0 amide bonds. The first-order chi connectivity index (χ1) is 10.7. The first-order valence-corrected chi connectivity index (χ1v) is 10.2. The van der Waals surface area contributed by atoms with Gasteiger partial charge >= 0.3 is 0 Å². The van der Waals surface area contributed by atoms with E-state index in [0.29, 0.717) is 17.5 Å². The smallest absolute Gasteiger partial charge is 0.214 e. The molecule has 1 saturated heterocycles. The molecule has 7 heteroatoms. The molecule has 2 rings (SSSR count). The number of nitrogens with one attached hydrogen (secondary N) is 1. The number of para-hydroxylation sites is 1. The molecule has 1 aliphatic rings. The summed E-state index contributed by atoms with van der Waals surface area (Å²) in [5.74, 6) is 1.46. The number of ether oxygens (including phenoxy) is 2. The Hall–Kier alpha value is -0.760. The number of hydrogen-bond acceptors (Lipinski definition) is 5. The van der Waals surface area contributed by atoms with Gasteiger partial charge in [-0.15, -0.1) is 0 Å². The van der Waals surface area contributed by atoms with E-state index < -0.39 is 10.0 Å². The van der Waals surface area contributed by atoms with Gasteiger partial charge in [-0.1, -0.05) is 18.2 Å². The Balaban J connectivity index is 1.57. The van der Waals surface area contributed by atoms with Gasteiger partial charge in [-0.05, 0) is 25.0 Å². The lowest BCUT2D eigenvalue weighted by Crippen LogP contribution is -2.31. The normalized spacial score (nSPS) is 16.5. The van der Waals surface area contributed by atoms with Crippen LogP contribution in [0.15, 0.2) is 30.3 Å². The standard InChI is InChI=1S/C15H23NO4S2/c17-22(18,13-11-20-14-4-2-1-3-5-14)16-8-12-21-15-6-9-19-10-7-15/h1-5,15-16H,6-13H2. The van der Waals surface area contributed by atoms with Crippen molar-refractivity contribution in [3.63, 3.8) is 0 Å². The molecule has 0 unspecified atom stereocenters. The van der Waals surface area contributed by atoms with Gasteiger partial charge in [-0.25, -0.2) is 13.1 Å². The zero-order valence-corrected chi connectivity index (χ0v) is 14.2. The lowest BCUT2D eigenvalue weighted by molar-refractivity contribution is 0.100. The third-order valence-corrected chi connectivity index (χ3v) is 6.04. The second-order valence-corrected chi connectivity index (χ2v) is 8.39. The summed E-state index contributed by atoms with van der Waals surface area (Å²) < 4.78 is 37.0. The third-order valence-electron chi connectivity index (χ3n) is 3.31. The van der Waals surface area contributed by atoms with Gasteiger partial charge in [0.2, 0.25) is 10.0 Å². The summed E-state index contributed by atoms with van der Waals surface area (Å²) >= 11 is 1.82. The third kappa shape index (κ3) is 7.00. The van der Waals surface area contributed by atoms with Crippen molar-refractivity contribution in [3.8, 4) is 5.75 Å². The molecular formula is C15H23NO4S2. The molecule has 1 heterocycles. The summed E-state index contributed by atoms with van der Waals surface area (Å²) in [4.78, 5) is 0. The molecule has 0 saturated carbocycles. The SMILES string of the molecule is O=S(=O)(CCOc1ccccc1)NCCSC1CCOCC1. The molecular weight excluding hydrogens is 322 g/mol. The second-order valence-electron chi connectivity index (χ2n) is 5.06. The van der Waals surface area contributed by atoms with Crippen LogP contribution in [0.3, 0.4) is 0 Å². The molecule has 5 nitrogen and oxygen atoms in total. The molecule has 0 aromatic heterocycles. The van der Waals surface area contributed by atoms with Crippen molar-refractivity contribution in [2.45, 2.75) is 18.1 Å². The fraction of sp³-hybridized carbons (Fsp3) is 0.600. The van der Waals surface area contributed by atoms with E-state index in [1.807, 2.05) is 42.1 Å². The topological polar surface area (TPSA) is 64.6 Å². The van der Waals surface area contributed by atoms with Crippen LogP contribution in [-0.4, -0.2) is 51.5 Å². The van der Waals surface area contributed by atoms with Gasteiger partial charge in [0.25, 0.3) is 0 Å². The van der Waals surface area contributed by atoms with Gasteiger partial charge < -0.3 is 9.47 Å². The minimum atomic E-state index is -3.27. The molecule has 1 aromatic rings. The van der Waals surface area contributed by atoms with Crippen LogP contribution in [0.4, 0.5) is 0 Å². The Morgan fingerprint density at radius 1 is 1.23 bits per heavy atom. The Kier molecular flexibility index (Phi) is 7.51. The van der Waals surface area contributed by atoms with Crippen LogP contribution in [0.1, 0.15) is 12.8 Å². The summed E-state index contributed by atoms with van der Waals surface area (Å²) in [5.41, 5.74) is 0. The van der Waals surface area contributed by atoms with Gasteiger partial charge in [-0.2, -0.15) is 11.8 Å². The van der Waals surface area contributed by atoms with E-state index in [4.69, 9.17) is 9.47 Å². The van der Waals surface area contributed by atoms with Crippen LogP contribution in [0.5, 0.6) is 5.75 Å². The molecule has 0 radical (unpaired) electrons. The van der Waals surface area contributed by atoms with Crippen molar-refractivity contribution in [2.24, 2.45) is 0 Å². The number of thioether (sulfide) groups is 1. The van der Waals surface area contributed by atoms with Crippen molar-refractivity contribution in [2.75, 3.05) is 37.9 Å². The minimum absolute atomic E-state index is 0.0240. The largest absolute Gasteiger partial charge is 0.492 e. The molecule has 0 spiro atoms. The summed E-state index contributed by atoms with van der Waals surface area (Å²) in [7, 11) is -3.27. The van der Waals surface area contributed by atoms with Crippen LogP contribution < -0.4 is 9.46 Å². The highest BCUT2D eigenvalue weighted by atomic mass is 32.2. The Labute approximate surface area is 136 Å². The molecule has 0 aliphatic carbocycles. The summed E-state index contributed by atoms with van der Waals surface area (Å²) in [6, 6.07) is 9.22. The van der Waals surface area contributed by atoms with Crippen molar-refractivity contribution in [3.05, 3.63) is 30.3 Å². The van der Waals surface area contributed by atoms with Crippen molar-refractivity contribution in [1.82, 2.24) is 4.72 Å². The average molecular weight is 345 g/mol. The predicted octanol–water partition coefficient (Wildman–Crippen LogP) is 1.90. The lowest BCUT2D eigenvalue weighted by atomic mass is 10.2. The predicted molar refractivity (Wildman–Crippen MR) is 90.0 cm³/mol. The van der Waals surface area contributed by atoms with Gasteiger partial charge in [-0.3, -0.25) is 0 Å². The first-order valence-electron chi connectivity index (χ1n) is 7.50. The summed E-state index contributed by atoms with van der Waals surface area (Å²) in [5, 5.41) is 0.597. The molecule has 0 bridgehead atoms. The summed E-state index contributed by atoms with van der Waals surface area (Å²) in [6.07, 6.45) is 2.12. The van der Waals surface area contributed by atoms with E-state index in [1.54, 1.807) is 0 Å². The van der Waals surface area contributed by atoms with Gasteiger partial charge in [0.1, 0.15) is 12.4 Å². The minimum Gasteiger partial charge on any atom is -0.492 e. The van der Waals surface area contributed by atoms with Gasteiger partial charge in [0.15, 0.2) is 0 Å². The Morgan fingerprint density at radius 3 is 2.68 bits per heavy atom. The van der Waals surface area contributed by atoms with E-state index in [2.05, 4.69) is 4.72 Å². The van der Waals surface area contributed by atoms with E-state index >= 15 is 0 Å². The van der Waals surface area contributed by atoms with Crippen molar-refractivity contribution in [1.29, 1.82) is 0 Å². The Morgan fingerprint density at radius 2 is 1.95 bits per heavy atom. The maximum atomic E-state index is 11.9. The fourth-order valence-corrected chi connectivity index (χ4v) is 4.19.